The molecule has 19 heavy (non-hydrogen) atoms. The monoisotopic (exact) mass is 285 g/mol. The number of thiophene rings is 1. The molecule has 5 heteroatoms. The first kappa shape index (κ1) is 14.1. The van der Waals surface area contributed by atoms with Crippen molar-refractivity contribution in [1.29, 1.82) is 0 Å². The first-order valence-electron chi connectivity index (χ1n) is 5.88. The highest BCUT2D eigenvalue weighted by Gasteiger charge is 2.30. The molecule has 2 aromatic rings. The number of hydrogen-bond donors (Lipinski definition) is 1. The molecule has 1 nitrogen and oxygen atoms in total. The van der Waals surface area contributed by atoms with E-state index in [0.29, 0.717) is 6.54 Å². The highest BCUT2D eigenvalue weighted by atomic mass is 32.1. The summed E-state index contributed by atoms with van der Waals surface area (Å²) in [6.07, 6.45) is -4.27. The Hall–Kier alpha value is -1.33. The van der Waals surface area contributed by atoms with Gasteiger partial charge in [0.25, 0.3) is 0 Å². The molecule has 0 bridgehead atoms. The molecule has 0 spiro atoms. The molecule has 0 aliphatic rings. The number of benzene rings is 1. The lowest BCUT2D eigenvalue weighted by molar-refractivity contribution is -0.137. The third-order valence-electron chi connectivity index (χ3n) is 2.93. The molecule has 102 valence electrons. The van der Waals surface area contributed by atoms with Crippen molar-refractivity contribution in [3.8, 4) is 0 Å². The van der Waals surface area contributed by atoms with Crippen LogP contribution in [0.1, 0.15) is 29.7 Å². The predicted molar refractivity (Wildman–Crippen MR) is 71.0 cm³/mol. The summed E-state index contributed by atoms with van der Waals surface area (Å²) in [6.45, 7) is 2.65. The van der Waals surface area contributed by atoms with E-state index in [1.54, 1.807) is 11.3 Å². The van der Waals surface area contributed by atoms with E-state index in [-0.39, 0.29) is 6.04 Å². The van der Waals surface area contributed by atoms with Crippen LogP contribution in [-0.4, -0.2) is 0 Å². The van der Waals surface area contributed by atoms with Crippen molar-refractivity contribution in [1.82, 2.24) is 5.32 Å². The summed E-state index contributed by atoms with van der Waals surface area (Å²) in [4.78, 5) is 0. The van der Waals surface area contributed by atoms with Crippen molar-refractivity contribution in [3.05, 3.63) is 57.8 Å². The van der Waals surface area contributed by atoms with Crippen LogP contribution >= 0.6 is 11.3 Å². The molecule has 1 N–H and O–H groups in total. The molecule has 0 radical (unpaired) electrons. The smallest absolute Gasteiger partial charge is 0.306 e. The summed E-state index contributed by atoms with van der Waals surface area (Å²) in [5.74, 6) is 0. The van der Waals surface area contributed by atoms with Crippen LogP contribution in [0.5, 0.6) is 0 Å². The summed E-state index contributed by atoms with van der Waals surface area (Å²) in [6, 6.07) is 7.33. The van der Waals surface area contributed by atoms with Crippen molar-refractivity contribution in [2.75, 3.05) is 0 Å². The molecule has 0 aliphatic heterocycles. The van der Waals surface area contributed by atoms with E-state index in [1.165, 1.54) is 17.7 Å². The molecule has 0 saturated carbocycles. The van der Waals surface area contributed by atoms with E-state index in [0.717, 1.165) is 17.7 Å². The number of hydrogen-bond acceptors (Lipinski definition) is 2. The van der Waals surface area contributed by atoms with Gasteiger partial charge in [0.1, 0.15) is 0 Å². The minimum Gasteiger partial charge on any atom is -0.306 e. The van der Waals surface area contributed by atoms with E-state index >= 15 is 0 Å². The van der Waals surface area contributed by atoms with Gasteiger partial charge in [-0.25, -0.2) is 0 Å². The topological polar surface area (TPSA) is 12.0 Å². The third-order valence-corrected chi connectivity index (χ3v) is 3.66. The van der Waals surface area contributed by atoms with Crippen molar-refractivity contribution >= 4 is 11.3 Å². The lowest BCUT2D eigenvalue weighted by Crippen LogP contribution is -2.18. The minimum absolute atomic E-state index is 0.0159. The summed E-state index contributed by atoms with van der Waals surface area (Å²) >= 11 is 1.63. The zero-order chi connectivity index (χ0) is 13.9. The fraction of sp³-hybridized carbons (Fsp3) is 0.286. The van der Waals surface area contributed by atoms with Crippen molar-refractivity contribution in [2.24, 2.45) is 0 Å². The maximum atomic E-state index is 12.4. The van der Waals surface area contributed by atoms with Gasteiger partial charge in [0.15, 0.2) is 0 Å². The lowest BCUT2D eigenvalue weighted by Gasteiger charge is -2.15. The average Bonchev–Trinajstić information content (AvgIpc) is 2.88. The van der Waals surface area contributed by atoms with Crippen LogP contribution in [0.2, 0.25) is 0 Å². The van der Waals surface area contributed by atoms with Gasteiger partial charge in [0, 0.05) is 12.6 Å². The second-order valence-electron chi connectivity index (χ2n) is 4.35. The maximum absolute atomic E-state index is 12.4. The summed E-state index contributed by atoms with van der Waals surface area (Å²) in [5.41, 5.74) is 1.42. The van der Waals surface area contributed by atoms with Gasteiger partial charge in [0.2, 0.25) is 0 Å². The molecule has 0 saturated heterocycles. The normalized spacial score (nSPS) is 13.5. The molecule has 1 unspecified atom stereocenters. The highest BCUT2D eigenvalue weighted by molar-refractivity contribution is 7.07. The summed E-state index contributed by atoms with van der Waals surface area (Å²) in [7, 11) is 0. The van der Waals surface area contributed by atoms with Gasteiger partial charge in [0.05, 0.1) is 5.56 Å². The Bertz CT molecular complexity index is 502. The quantitative estimate of drug-likeness (QED) is 0.864. The second kappa shape index (κ2) is 5.75. The Kier molecular flexibility index (Phi) is 4.27. The molecule has 1 aromatic heterocycles. The molecular formula is C14H14F3NS. The Morgan fingerprint density at radius 3 is 2.37 bits per heavy atom. The maximum Gasteiger partial charge on any atom is 0.416 e. The van der Waals surface area contributed by atoms with E-state index in [4.69, 9.17) is 0 Å². The number of halogens is 3. The van der Waals surface area contributed by atoms with Crippen LogP contribution in [0.25, 0.3) is 0 Å². The van der Waals surface area contributed by atoms with Crippen LogP contribution < -0.4 is 5.32 Å². The zero-order valence-electron chi connectivity index (χ0n) is 10.4. The largest absolute Gasteiger partial charge is 0.416 e. The van der Waals surface area contributed by atoms with Gasteiger partial charge < -0.3 is 5.32 Å². The van der Waals surface area contributed by atoms with Gasteiger partial charge in [-0.05, 0) is 47.0 Å². The first-order valence-corrected chi connectivity index (χ1v) is 6.83. The Morgan fingerprint density at radius 2 is 1.84 bits per heavy atom. The number of rotatable bonds is 4. The lowest BCUT2D eigenvalue weighted by atomic mass is 10.1. The number of nitrogens with one attached hydrogen (secondary N) is 1. The molecule has 0 amide bonds. The average molecular weight is 285 g/mol. The molecule has 1 aromatic carbocycles. The van der Waals surface area contributed by atoms with Gasteiger partial charge in [-0.1, -0.05) is 12.1 Å². The van der Waals surface area contributed by atoms with E-state index in [2.05, 4.69) is 5.32 Å². The van der Waals surface area contributed by atoms with Crippen LogP contribution in [0.4, 0.5) is 13.2 Å². The Labute approximate surface area is 114 Å². The van der Waals surface area contributed by atoms with Gasteiger partial charge in [-0.15, -0.1) is 0 Å². The molecular weight excluding hydrogens is 271 g/mol. The van der Waals surface area contributed by atoms with Crippen LogP contribution in [-0.2, 0) is 12.7 Å². The molecule has 0 fully saturated rings. The molecule has 1 atom stereocenters. The van der Waals surface area contributed by atoms with Crippen molar-refractivity contribution in [3.63, 3.8) is 0 Å². The fourth-order valence-electron chi connectivity index (χ4n) is 1.74. The zero-order valence-corrected chi connectivity index (χ0v) is 11.2. The number of alkyl halides is 3. The SMILES string of the molecule is CC(NCc1ccsc1)c1ccc(C(F)(F)F)cc1. The van der Waals surface area contributed by atoms with E-state index in [9.17, 15) is 13.2 Å². The Balaban J connectivity index is 1.97. The molecule has 2 rings (SSSR count). The third kappa shape index (κ3) is 3.81. The summed E-state index contributed by atoms with van der Waals surface area (Å²) in [5, 5.41) is 7.33. The predicted octanol–water partition coefficient (Wildman–Crippen LogP) is 4.62. The van der Waals surface area contributed by atoms with Crippen LogP contribution in [0, 0.1) is 0 Å². The Morgan fingerprint density at radius 1 is 1.16 bits per heavy atom. The summed E-state index contributed by atoms with van der Waals surface area (Å²) < 4.78 is 37.3. The van der Waals surface area contributed by atoms with Crippen LogP contribution in [0.15, 0.2) is 41.1 Å². The molecule has 0 aliphatic carbocycles. The van der Waals surface area contributed by atoms with E-state index in [1.807, 2.05) is 23.8 Å². The second-order valence-corrected chi connectivity index (χ2v) is 5.13. The minimum atomic E-state index is -4.27. The standard InChI is InChI=1S/C14H14F3NS/c1-10(18-8-11-6-7-19-9-11)12-2-4-13(5-3-12)14(15,16)17/h2-7,9-10,18H,8H2,1H3. The van der Waals surface area contributed by atoms with Crippen molar-refractivity contribution < 1.29 is 13.2 Å². The van der Waals surface area contributed by atoms with Crippen molar-refractivity contribution in [2.45, 2.75) is 25.7 Å². The first-order chi connectivity index (χ1) is 8.97. The van der Waals surface area contributed by atoms with E-state index < -0.39 is 11.7 Å². The van der Waals surface area contributed by atoms with Gasteiger partial charge in [-0.2, -0.15) is 24.5 Å². The highest BCUT2D eigenvalue weighted by Crippen LogP contribution is 2.29. The van der Waals surface area contributed by atoms with Gasteiger partial charge in [-0.3, -0.25) is 0 Å². The van der Waals surface area contributed by atoms with Gasteiger partial charge >= 0.3 is 6.18 Å². The van der Waals surface area contributed by atoms with Crippen LogP contribution in [0.3, 0.4) is 0 Å². The molecule has 1 heterocycles. The fourth-order valence-corrected chi connectivity index (χ4v) is 2.41.